The minimum Gasteiger partial charge on any atom is -0.480 e. The smallest absolute Gasteiger partial charge is 0.327 e. The number of terminal acetylenes is 1. The molecule has 0 saturated heterocycles. The molecule has 0 heterocycles. The molecule has 2 N–H and O–H groups in total. The van der Waals surface area contributed by atoms with E-state index >= 15 is 0 Å². The van der Waals surface area contributed by atoms with Crippen molar-refractivity contribution in [2.45, 2.75) is 19.4 Å². The Morgan fingerprint density at radius 1 is 1.59 bits per heavy atom. The van der Waals surface area contributed by atoms with E-state index in [4.69, 9.17) is 16.3 Å². The summed E-state index contributed by atoms with van der Waals surface area (Å²) in [6, 6.07) is -1.50. The minimum absolute atomic E-state index is 0.0388. The van der Waals surface area contributed by atoms with Crippen LogP contribution in [0.15, 0.2) is 0 Å². The summed E-state index contributed by atoms with van der Waals surface area (Å²) in [5.41, 5.74) is 0. The molecular formula is C11H18N2O4. The fraction of sp³-hybridized carbons (Fsp3) is 0.636. The molecule has 0 bridgehead atoms. The van der Waals surface area contributed by atoms with E-state index in [0.29, 0.717) is 19.7 Å². The number of carbonyl (C=O) groups is 2. The zero-order valence-electron chi connectivity index (χ0n) is 10.1. The molecule has 0 saturated carbocycles. The zero-order valence-corrected chi connectivity index (χ0v) is 10.1. The number of hydrogen-bond acceptors (Lipinski definition) is 3. The Labute approximate surface area is 101 Å². The fourth-order valence-electron chi connectivity index (χ4n) is 1.16. The first kappa shape index (κ1) is 15.3. The predicted molar refractivity (Wildman–Crippen MR) is 62.5 cm³/mol. The van der Waals surface area contributed by atoms with Crippen molar-refractivity contribution in [2.24, 2.45) is 0 Å². The van der Waals surface area contributed by atoms with Crippen molar-refractivity contribution < 1.29 is 19.4 Å². The average Bonchev–Trinajstić information content (AvgIpc) is 2.29. The topological polar surface area (TPSA) is 78.9 Å². The maximum absolute atomic E-state index is 11.7. The molecule has 0 aliphatic heterocycles. The van der Waals surface area contributed by atoms with E-state index in [0.717, 1.165) is 0 Å². The second kappa shape index (κ2) is 8.42. The molecule has 1 unspecified atom stereocenters. The molecule has 0 aromatic rings. The lowest BCUT2D eigenvalue weighted by molar-refractivity contribution is -0.139. The number of nitrogens with one attached hydrogen (secondary N) is 1. The van der Waals surface area contributed by atoms with Crippen LogP contribution in [0, 0.1) is 12.3 Å². The molecule has 0 aromatic carbocycles. The molecule has 96 valence electrons. The number of amides is 2. The molecule has 0 fully saturated rings. The van der Waals surface area contributed by atoms with Gasteiger partial charge in [-0.25, -0.2) is 9.59 Å². The van der Waals surface area contributed by atoms with E-state index in [1.807, 2.05) is 0 Å². The average molecular weight is 242 g/mol. The summed E-state index contributed by atoms with van der Waals surface area (Å²) in [4.78, 5) is 23.9. The van der Waals surface area contributed by atoms with Crippen molar-refractivity contribution in [3.05, 3.63) is 0 Å². The highest BCUT2D eigenvalue weighted by Gasteiger charge is 2.21. The number of methoxy groups -OCH3 is 1. The van der Waals surface area contributed by atoms with Gasteiger partial charge in [-0.3, -0.25) is 0 Å². The van der Waals surface area contributed by atoms with E-state index < -0.39 is 18.0 Å². The number of aliphatic carboxylic acids is 1. The van der Waals surface area contributed by atoms with E-state index in [1.54, 1.807) is 6.92 Å². The number of carboxylic acids is 1. The summed E-state index contributed by atoms with van der Waals surface area (Å²) in [6.07, 6.45) is 4.99. The van der Waals surface area contributed by atoms with Crippen LogP contribution < -0.4 is 5.32 Å². The standard InChI is InChI=1S/C11H18N2O4/c1-4-6-9(10(14)15)12-11(16)13(5-2)7-8-17-3/h1,9H,5-8H2,2-3H3,(H,12,16)(H,14,15). The monoisotopic (exact) mass is 242 g/mol. The number of ether oxygens (including phenoxy) is 1. The predicted octanol–water partition coefficient (Wildman–Crippen LogP) is 0.141. The Morgan fingerprint density at radius 2 is 2.24 bits per heavy atom. The van der Waals surface area contributed by atoms with Crippen molar-refractivity contribution in [1.29, 1.82) is 0 Å². The van der Waals surface area contributed by atoms with Gasteiger partial charge < -0.3 is 20.1 Å². The quantitative estimate of drug-likeness (QED) is 0.622. The third-order valence-electron chi connectivity index (χ3n) is 2.15. The fourth-order valence-corrected chi connectivity index (χ4v) is 1.16. The van der Waals surface area contributed by atoms with Crippen LogP contribution in [-0.4, -0.2) is 54.9 Å². The molecule has 0 aromatic heterocycles. The maximum atomic E-state index is 11.7. The molecule has 0 aliphatic carbocycles. The van der Waals surface area contributed by atoms with Crippen LogP contribution in [0.2, 0.25) is 0 Å². The number of carboxylic acid groups (broad SMARTS) is 1. The highest BCUT2D eigenvalue weighted by atomic mass is 16.5. The van der Waals surface area contributed by atoms with Crippen molar-refractivity contribution >= 4 is 12.0 Å². The van der Waals surface area contributed by atoms with E-state index in [9.17, 15) is 9.59 Å². The van der Waals surface area contributed by atoms with Gasteiger partial charge in [-0.2, -0.15) is 0 Å². The molecular weight excluding hydrogens is 224 g/mol. The minimum atomic E-state index is -1.14. The van der Waals surface area contributed by atoms with Gasteiger partial charge >= 0.3 is 12.0 Å². The van der Waals surface area contributed by atoms with Crippen molar-refractivity contribution in [1.82, 2.24) is 10.2 Å². The SMILES string of the molecule is C#CCC(NC(=O)N(CC)CCOC)C(=O)O. The number of urea groups is 1. The van der Waals surface area contributed by atoms with Crippen LogP contribution in [-0.2, 0) is 9.53 Å². The van der Waals surface area contributed by atoms with Gasteiger partial charge in [-0.1, -0.05) is 0 Å². The number of rotatable bonds is 7. The second-order valence-corrected chi connectivity index (χ2v) is 3.32. The van der Waals surface area contributed by atoms with Crippen molar-refractivity contribution in [2.75, 3.05) is 26.8 Å². The zero-order chi connectivity index (χ0) is 13.3. The van der Waals surface area contributed by atoms with Gasteiger partial charge in [0.1, 0.15) is 6.04 Å². The summed E-state index contributed by atoms with van der Waals surface area (Å²) in [7, 11) is 1.53. The van der Waals surface area contributed by atoms with E-state index in [-0.39, 0.29) is 6.42 Å². The third kappa shape index (κ3) is 5.78. The second-order valence-electron chi connectivity index (χ2n) is 3.32. The van der Waals surface area contributed by atoms with Gasteiger partial charge in [-0.15, -0.1) is 12.3 Å². The molecule has 0 spiro atoms. The lowest BCUT2D eigenvalue weighted by atomic mass is 10.2. The molecule has 17 heavy (non-hydrogen) atoms. The first-order chi connectivity index (χ1) is 8.06. The Morgan fingerprint density at radius 3 is 2.65 bits per heavy atom. The van der Waals surface area contributed by atoms with Crippen LogP contribution in [0.5, 0.6) is 0 Å². The normalized spacial score (nSPS) is 11.4. The van der Waals surface area contributed by atoms with Gasteiger partial charge in [0.05, 0.1) is 6.61 Å². The van der Waals surface area contributed by atoms with Crippen LogP contribution in [0.1, 0.15) is 13.3 Å². The van der Waals surface area contributed by atoms with Crippen LogP contribution in [0.3, 0.4) is 0 Å². The largest absolute Gasteiger partial charge is 0.480 e. The van der Waals surface area contributed by atoms with Gasteiger partial charge in [0.2, 0.25) is 0 Å². The third-order valence-corrected chi connectivity index (χ3v) is 2.15. The van der Waals surface area contributed by atoms with Crippen LogP contribution in [0.4, 0.5) is 4.79 Å². The first-order valence-electron chi connectivity index (χ1n) is 5.27. The Balaban J connectivity index is 4.36. The maximum Gasteiger partial charge on any atom is 0.327 e. The molecule has 1 atom stereocenters. The van der Waals surface area contributed by atoms with Gasteiger partial charge in [0.25, 0.3) is 0 Å². The molecule has 2 amide bonds. The van der Waals surface area contributed by atoms with Gasteiger partial charge in [0, 0.05) is 26.6 Å². The summed E-state index contributed by atoms with van der Waals surface area (Å²) < 4.78 is 4.85. The summed E-state index contributed by atoms with van der Waals surface area (Å²) in [5, 5.41) is 11.2. The number of likely N-dealkylation sites (N-methyl/N-ethyl adjacent to an activating group) is 1. The van der Waals surface area contributed by atoms with Crippen LogP contribution >= 0.6 is 0 Å². The van der Waals surface area contributed by atoms with E-state index in [2.05, 4.69) is 11.2 Å². The summed E-state index contributed by atoms with van der Waals surface area (Å²) in [5.74, 6) is 1.08. The molecule has 0 rings (SSSR count). The molecule has 6 heteroatoms. The summed E-state index contributed by atoms with van der Waals surface area (Å²) >= 11 is 0. The van der Waals surface area contributed by atoms with Crippen molar-refractivity contribution in [3.8, 4) is 12.3 Å². The number of nitrogens with zero attached hydrogens (tertiary/aromatic N) is 1. The number of hydrogen-bond donors (Lipinski definition) is 2. The highest BCUT2D eigenvalue weighted by Crippen LogP contribution is 1.95. The highest BCUT2D eigenvalue weighted by molar-refractivity contribution is 5.82. The molecule has 6 nitrogen and oxygen atoms in total. The molecule has 0 aliphatic rings. The van der Waals surface area contributed by atoms with Crippen molar-refractivity contribution in [3.63, 3.8) is 0 Å². The lowest BCUT2D eigenvalue weighted by Crippen LogP contribution is -2.48. The van der Waals surface area contributed by atoms with Crippen LogP contribution in [0.25, 0.3) is 0 Å². The lowest BCUT2D eigenvalue weighted by Gasteiger charge is -2.22. The molecule has 0 radical (unpaired) electrons. The van der Waals surface area contributed by atoms with E-state index in [1.165, 1.54) is 12.0 Å². The Kier molecular flexibility index (Phi) is 7.55. The van der Waals surface area contributed by atoms with Gasteiger partial charge in [-0.05, 0) is 6.92 Å². The first-order valence-corrected chi connectivity index (χ1v) is 5.27. The van der Waals surface area contributed by atoms with Gasteiger partial charge in [0.15, 0.2) is 0 Å². The Bertz CT molecular complexity index is 298. The summed E-state index contributed by atoms with van der Waals surface area (Å²) in [6.45, 7) is 3.07. The number of carbonyl (C=O) groups excluding carboxylic acids is 1. The Hall–Kier alpha value is -1.74.